The summed E-state index contributed by atoms with van der Waals surface area (Å²) in [5, 5.41) is 4.17. The first-order chi connectivity index (χ1) is 12.9. The first kappa shape index (κ1) is 17.7. The van der Waals surface area contributed by atoms with Crippen LogP contribution in [-0.2, 0) is 0 Å². The third-order valence-corrected chi connectivity index (χ3v) is 5.49. The SMILES string of the molecule is Cc1cccc(C(NC(=O)c2cc(C)nc3c(C)c(C)ccc23)C2CC2)n1. The van der Waals surface area contributed by atoms with E-state index in [1.165, 1.54) is 5.56 Å². The Hall–Kier alpha value is -2.75. The largest absolute Gasteiger partial charge is 0.343 e. The number of hydrogen-bond acceptors (Lipinski definition) is 3. The summed E-state index contributed by atoms with van der Waals surface area (Å²) in [6.07, 6.45) is 2.27. The number of nitrogens with one attached hydrogen (secondary N) is 1. The molecule has 0 saturated heterocycles. The average Bonchev–Trinajstić information content (AvgIpc) is 3.47. The molecule has 4 rings (SSSR count). The molecule has 0 radical (unpaired) electrons. The van der Waals surface area contributed by atoms with Gasteiger partial charge in [0.2, 0.25) is 0 Å². The van der Waals surface area contributed by atoms with E-state index in [-0.39, 0.29) is 11.9 Å². The van der Waals surface area contributed by atoms with Crippen LogP contribution >= 0.6 is 0 Å². The van der Waals surface area contributed by atoms with Gasteiger partial charge in [0.1, 0.15) is 0 Å². The Labute approximate surface area is 160 Å². The number of rotatable bonds is 4. The summed E-state index contributed by atoms with van der Waals surface area (Å²) in [4.78, 5) is 22.6. The van der Waals surface area contributed by atoms with E-state index in [1.807, 2.05) is 44.2 Å². The van der Waals surface area contributed by atoms with Gasteiger partial charge in [-0.25, -0.2) is 0 Å². The first-order valence-corrected chi connectivity index (χ1v) is 9.56. The van der Waals surface area contributed by atoms with E-state index in [0.29, 0.717) is 11.5 Å². The van der Waals surface area contributed by atoms with Crippen molar-refractivity contribution in [3.8, 4) is 0 Å². The fraction of sp³-hybridized carbons (Fsp3) is 0.348. The number of pyridine rings is 2. The highest BCUT2D eigenvalue weighted by Gasteiger charge is 2.34. The fourth-order valence-corrected chi connectivity index (χ4v) is 3.66. The molecule has 1 atom stereocenters. The van der Waals surface area contributed by atoms with E-state index in [2.05, 4.69) is 35.2 Å². The fourth-order valence-electron chi connectivity index (χ4n) is 3.66. The predicted octanol–water partition coefficient (Wildman–Crippen LogP) is 4.74. The number of fused-ring (bicyclic) bond motifs is 1. The van der Waals surface area contributed by atoms with Crippen LogP contribution in [-0.4, -0.2) is 15.9 Å². The molecule has 2 heterocycles. The van der Waals surface area contributed by atoms with Gasteiger partial charge in [-0.2, -0.15) is 0 Å². The molecule has 0 aliphatic heterocycles. The normalized spacial score (nSPS) is 15.0. The van der Waals surface area contributed by atoms with Gasteiger partial charge in [-0.3, -0.25) is 14.8 Å². The number of nitrogens with zero attached hydrogens (tertiary/aromatic N) is 2. The lowest BCUT2D eigenvalue weighted by Gasteiger charge is -2.19. The van der Waals surface area contributed by atoms with Crippen molar-refractivity contribution < 1.29 is 4.79 Å². The Kier molecular flexibility index (Phi) is 4.42. The Morgan fingerprint density at radius 1 is 1.04 bits per heavy atom. The maximum Gasteiger partial charge on any atom is 0.252 e. The van der Waals surface area contributed by atoms with Gasteiger partial charge in [-0.15, -0.1) is 0 Å². The van der Waals surface area contributed by atoms with Gasteiger partial charge < -0.3 is 5.32 Å². The van der Waals surface area contributed by atoms with Crippen molar-refractivity contribution in [2.75, 3.05) is 0 Å². The van der Waals surface area contributed by atoms with E-state index in [9.17, 15) is 4.79 Å². The van der Waals surface area contributed by atoms with Crippen LogP contribution in [0.5, 0.6) is 0 Å². The molecule has 0 spiro atoms. The van der Waals surface area contributed by atoms with Crippen molar-refractivity contribution in [3.63, 3.8) is 0 Å². The topological polar surface area (TPSA) is 54.9 Å². The van der Waals surface area contributed by atoms with Crippen molar-refractivity contribution in [1.29, 1.82) is 0 Å². The van der Waals surface area contributed by atoms with Gasteiger partial charge in [0, 0.05) is 16.8 Å². The molecular weight excluding hydrogens is 334 g/mol. The Balaban J connectivity index is 1.73. The van der Waals surface area contributed by atoms with Crippen LogP contribution in [0.15, 0.2) is 36.4 Å². The molecule has 1 amide bonds. The minimum Gasteiger partial charge on any atom is -0.343 e. The lowest BCUT2D eigenvalue weighted by molar-refractivity contribution is 0.0932. The summed E-state index contributed by atoms with van der Waals surface area (Å²) < 4.78 is 0. The molecule has 4 heteroatoms. The smallest absolute Gasteiger partial charge is 0.252 e. The van der Waals surface area contributed by atoms with Gasteiger partial charge in [0.25, 0.3) is 5.91 Å². The minimum absolute atomic E-state index is 0.0348. The molecule has 3 aromatic rings. The zero-order valence-electron chi connectivity index (χ0n) is 16.3. The van der Waals surface area contributed by atoms with Crippen molar-refractivity contribution in [2.24, 2.45) is 5.92 Å². The maximum absolute atomic E-state index is 13.2. The number of aryl methyl sites for hydroxylation is 4. The van der Waals surface area contributed by atoms with E-state index in [4.69, 9.17) is 0 Å². The molecule has 1 fully saturated rings. The van der Waals surface area contributed by atoms with E-state index in [1.54, 1.807) is 0 Å². The summed E-state index contributed by atoms with van der Waals surface area (Å²) in [6.45, 7) is 8.07. The van der Waals surface area contributed by atoms with Crippen LogP contribution in [0.2, 0.25) is 0 Å². The molecule has 2 aromatic heterocycles. The molecule has 138 valence electrons. The van der Waals surface area contributed by atoms with Gasteiger partial charge >= 0.3 is 0 Å². The van der Waals surface area contributed by atoms with Crippen molar-refractivity contribution in [2.45, 2.75) is 46.6 Å². The number of amides is 1. The second-order valence-corrected chi connectivity index (χ2v) is 7.71. The van der Waals surface area contributed by atoms with Gasteiger partial charge in [-0.1, -0.05) is 18.2 Å². The third-order valence-electron chi connectivity index (χ3n) is 5.49. The van der Waals surface area contributed by atoms with Crippen LogP contribution < -0.4 is 5.32 Å². The lowest BCUT2D eigenvalue weighted by Crippen LogP contribution is -2.31. The molecule has 1 aliphatic rings. The average molecular weight is 359 g/mol. The number of hydrogen-bond donors (Lipinski definition) is 1. The van der Waals surface area contributed by atoms with Crippen LogP contribution in [0.25, 0.3) is 10.9 Å². The van der Waals surface area contributed by atoms with Crippen LogP contribution in [0.4, 0.5) is 0 Å². The summed E-state index contributed by atoms with van der Waals surface area (Å²) >= 11 is 0. The van der Waals surface area contributed by atoms with Gasteiger partial charge in [0.15, 0.2) is 0 Å². The Morgan fingerprint density at radius 2 is 1.81 bits per heavy atom. The van der Waals surface area contributed by atoms with Crippen LogP contribution in [0.3, 0.4) is 0 Å². The molecule has 1 unspecified atom stereocenters. The predicted molar refractivity (Wildman–Crippen MR) is 108 cm³/mol. The zero-order chi connectivity index (χ0) is 19.1. The maximum atomic E-state index is 13.2. The van der Waals surface area contributed by atoms with E-state index >= 15 is 0 Å². The summed E-state index contributed by atoms with van der Waals surface area (Å²) in [6, 6.07) is 11.9. The number of benzene rings is 1. The molecule has 1 N–H and O–H groups in total. The molecule has 1 aliphatic carbocycles. The van der Waals surface area contributed by atoms with E-state index < -0.39 is 0 Å². The molecule has 0 bridgehead atoms. The van der Waals surface area contributed by atoms with Crippen LogP contribution in [0, 0.1) is 33.6 Å². The lowest BCUT2D eigenvalue weighted by atomic mass is 10.00. The standard InChI is InChI=1S/C23H25N3O/c1-13-8-11-18-19(12-15(3)25-21(18)16(13)4)23(27)26-22(17-9-10-17)20-7-5-6-14(2)24-20/h5-8,11-12,17,22H,9-10H2,1-4H3,(H,26,27). The van der Waals surface area contributed by atoms with Crippen molar-refractivity contribution in [3.05, 3.63) is 70.2 Å². The number of carbonyl (C=O) groups is 1. The molecule has 27 heavy (non-hydrogen) atoms. The second kappa shape index (κ2) is 6.76. The van der Waals surface area contributed by atoms with Gasteiger partial charge in [-0.05, 0) is 75.8 Å². The quantitative estimate of drug-likeness (QED) is 0.732. The number of carbonyl (C=O) groups excluding carboxylic acids is 1. The first-order valence-electron chi connectivity index (χ1n) is 9.56. The van der Waals surface area contributed by atoms with Crippen LogP contribution in [0.1, 0.15) is 57.5 Å². The van der Waals surface area contributed by atoms with Gasteiger partial charge in [0.05, 0.1) is 22.8 Å². The minimum atomic E-state index is -0.0473. The van der Waals surface area contributed by atoms with Crippen molar-refractivity contribution >= 4 is 16.8 Å². The highest BCUT2D eigenvalue weighted by Crippen LogP contribution is 2.40. The summed E-state index contributed by atoms with van der Waals surface area (Å²) in [7, 11) is 0. The van der Waals surface area contributed by atoms with E-state index in [0.717, 1.165) is 46.4 Å². The Morgan fingerprint density at radius 3 is 2.52 bits per heavy atom. The monoisotopic (exact) mass is 359 g/mol. The molecule has 1 aromatic carbocycles. The molecular formula is C23H25N3O. The Bertz CT molecular complexity index is 1040. The second-order valence-electron chi connectivity index (χ2n) is 7.71. The highest BCUT2D eigenvalue weighted by atomic mass is 16.1. The third kappa shape index (κ3) is 3.44. The highest BCUT2D eigenvalue weighted by molar-refractivity contribution is 6.07. The molecule has 1 saturated carbocycles. The van der Waals surface area contributed by atoms with Crippen molar-refractivity contribution in [1.82, 2.24) is 15.3 Å². The summed E-state index contributed by atoms with van der Waals surface area (Å²) in [5.41, 5.74) is 6.71. The zero-order valence-corrected chi connectivity index (χ0v) is 16.3. The molecule has 4 nitrogen and oxygen atoms in total. The summed E-state index contributed by atoms with van der Waals surface area (Å²) in [5.74, 6) is 0.426. The number of aromatic nitrogens is 2.